The number of halogens is 1. The predicted octanol–water partition coefficient (Wildman–Crippen LogP) is 3.56. The summed E-state index contributed by atoms with van der Waals surface area (Å²) in [5, 5.41) is 6.40. The molecule has 168 valence electrons. The molecular weight excluding hydrogens is 490 g/mol. The fraction of sp³-hybridized carbons (Fsp3) is 0.0833. The third kappa shape index (κ3) is 7.01. The molecule has 0 fully saturated rings. The van der Waals surface area contributed by atoms with Gasteiger partial charge in [-0.2, -0.15) is 5.10 Å². The highest BCUT2D eigenvalue weighted by molar-refractivity contribution is 9.10. The zero-order valence-corrected chi connectivity index (χ0v) is 19.2. The molecule has 0 atom stereocenters. The molecule has 8 nitrogen and oxygen atoms in total. The highest BCUT2D eigenvalue weighted by atomic mass is 79.9. The number of nitrogens with one attached hydrogen (secondary N) is 2. The molecular formula is C24H20BrN3O5. The Morgan fingerprint density at radius 1 is 0.970 bits per heavy atom. The molecule has 3 aromatic carbocycles. The maximum atomic E-state index is 12.3. The van der Waals surface area contributed by atoms with Crippen LogP contribution in [-0.4, -0.2) is 37.7 Å². The van der Waals surface area contributed by atoms with Crippen molar-refractivity contribution in [3.8, 4) is 11.5 Å². The molecule has 33 heavy (non-hydrogen) atoms. The first kappa shape index (κ1) is 23.7. The normalized spacial score (nSPS) is 10.5. The first-order valence-electron chi connectivity index (χ1n) is 9.77. The number of esters is 1. The number of hydrogen-bond donors (Lipinski definition) is 2. The van der Waals surface area contributed by atoms with Crippen LogP contribution in [-0.2, 0) is 4.79 Å². The maximum Gasteiger partial charge on any atom is 0.343 e. The molecule has 0 saturated carbocycles. The Balaban J connectivity index is 1.56. The minimum absolute atomic E-state index is 0.267. The Morgan fingerprint density at radius 3 is 2.39 bits per heavy atom. The van der Waals surface area contributed by atoms with Gasteiger partial charge in [-0.05, 0) is 54.6 Å². The molecule has 0 aromatic heterocycles. The number of hydrazone groups is 1. The van der Waals surface area contributed by atoms with Crippen LogP contribution in [0.4, 0.5) is 0 Å². The van der Waals surface area contributed by atoms with Crippen LogP contribution < -0.4 is 20.2 Å². The molecule has 0 bridgehead atoms. The predicted molar refractivity (Wildman–Crippen MR) is 127 cm³/mol. The molecule has 9 heteroatoms. The maximum absolute atomic E-state index is 12.3. The van der Waals surface area contributed by atoms with Crippen LogP contribution in [0.25, 0.3) is 0 Å². The van der Waals surface area contributed by atoms with Gasteiger partial charge in [0, 0.05) is 15.6 Å². The SMILES string of the molecule is COc1ccc(C(=O)NCC(=O)NN=Cc2cc(Br)ccc2OC(=O)c2ccccc2)cc1. The summed E-state index contributed by atoms with van der Waals surface area (Å²) in [5.74, 6) is -0.541. The van der Waals surface area contributed by atoms with E-state index in [2.05, 4.69) is 31.8 Å². The van der Waals surface area contributed by atoms with E-state index in [1.54, 1.807) is 72.8 Å². The lowest BCUT2D eigenvalue weighted by Crippen LogP contribution is -2.34. The van der Waals surface area contributed by atoms with E-state index < -0.39 is 17.8 Å². The van der Waals surface area contributed by atoms with Gasteiger partial charge in [0.15, 0.2) is 0 Å². The van der Waals surface area contributed by atoms with Crippen LogP contribution in [0, 0.1) is 0 Å². The van der Waals surface area contributed by atoms with Crippen molar-refractivity contribution < 1.29 is 23.9 Å². The molecule has 0 aliphatic carbocycles. The fourth-order valence-electron chi connectivity index (χ4n) is 2.66. The number of benzene rings is 3. The van der Waals surface area contributed by atoms with Crippen LogP contribution >= 0.6 is 15.9 Å². The largest absolute Gasteiger partial charge is 0.497 e. The third-order valence-corrected chi connectivity index (χ3v) is 4.83. The summed E-state index contributed by atoms with van der Waals surface area (Å²) in [6, 6.07) is 20.1. The molecule has 3 aromatic rings. The van der Waals surface area contributed by atoms with Crippen molar-refractivity contribution in [1.29, 1.82) is 0 Å². The molecule has 0 aliphatic rings. The summed E-state index contributed by atoms with van der Waals surface area (Å²) < 4.78 is 11.2. The van der Waals surface area contributed by atoms with E-state index in [4.69, 9.17) is 9.47 Å². The molecule has 0 unspecified atom stereocenters. The molecule has 0 saturated heterocycles. The fourth-order valence-corrected chi connectivity index (χ4v) is 3.04. The number of carbonyl (C=O) groups excluding carboxylic acids is 3. The molecule has 2 N–H and O–H groups in total. The molecule has 0 heterocycles. The van der Waals surface area contributed by atoms with Gasteiger partial charge in [0.25, 0.3) is 11.8 Å². The third-order valence-electron chi connectivity index (χ3n) is 4.34. The minimum Gasteiger partial charge on any atom is -0.497 e. The monoisotopic (exact) mass is 509 g/mol. The van der Waals surface area contributed by atoms with E-state index in [-0.39, 0.29) is 12.3 Å². The van der Waals surface area contributed by atoms with E-state index in [0.29, 0.717) is 22.4 Å². The Morgan fingerprint density at radius 2 is 1.70 bits per heavy atom. The molecule has 3 rings (SSSR count). The van der Waals surface area contributed by atoms with Gasteiger partial charge in [-0.15, -0.1) is 0 Å². The molecule has 2 amide bonds. The summed E-state index contributed by atoms with van der Waals surface area (Å²) >= 11 is 3.36. The van der Waals surface area contributed by atoms with Crippen molar-refractivity contribution in [3.63, 3.8) is 0 Å². The lowest BCUT2D eigenvalue weighted by atomic mass is 10.2. The van der Waals surface area contributed by atoms with Gasteiger partial charge in [-0.25, -0.2) is 10.2 Å². The minimum atomic E-state index is -0.522. The molecule has 0 radical (unpaired) electrons. The number of carbonyl (C=O) groups is 3. The first-order valence-corrected chi connectivity index (χ1v) is 10.6. The van der Waals surface area contributed by atoms with Gasteiger partial charge in [0.05, 0.1) is 25.4 Å². The number of hydrogen-bond acceptors (Lipinski definition) is 6. The van der Waals surface area contributed by atoms with Gasteiger partial charge in [-0.1, -0.05) is 34.1 Å². The number of nitrogens with zero attached hydrogens (tertiary/aromatic N) is 1. The second kappa shape index (κ2) is 11.6. The number of methoxy groups -OCH3 is 1. The second-order valence-corrected chi connectivity index (χ2v) is 7.56. The Labute approximate surface area is 198 Å². The number of amides is 2. The van der Waals surface area contributed by atoms with Crippen molar-refractivity contribution in [3.05, 3.63) is 94.0 Å². The van der Waals surface area contributed by atoms with Crippen LogP contribution in [0.5, 0.6) is 11.5 Å². The standard InChI is InChI=1S/C24H20BrN3O5/c1-32-20-10-7-16(8-11-20)23(30)26-15-22(29)28-27-14-18-13-19(25)9-12-21(18)33-24(31)17-5-3-2-4-6-17/h2-14H,15H2,1H3,(H,26,30)(H,28,29). The average molecular weight is 510 g/mol. The summed E-state index contributed by atoms with van der Waals surface area (Å²) in [5.41, 5.74) is 3.60. The van der Waals surface area contributed by atoms with E-state index in [0.717, 1.165) is 4.47 Å². The lowest BCUT2D eigenvalue weighted by Gasteiger charge is -2.08. The highest BCUT2D eigenvalue weighted by Gasteiger charge is 2.12. The van der Waals surface area contributed by atoms with Crippen molar-refractivity contribution in [2.45, 2.75) is 0 Å². The van der Waals surface area contributed by atoms with Gasteiger partial charge in [-0.3, -0.25) is 9.59 Å². The van der Waals surface area contributed by atoms with Crippen LogP contribution in [0.3, 0.4) is 0 Å². The van der Waals surface area contributed by atoms with Crippen molar-refractivity contribution in [2.75, 3.05) is 13.7 Å². The summed E-state index contributed by atoms with van der Waals surface area (Å²) in [4.78, 5) is 36.5. The summed E-state index contributed by atoms with van der Waals surface area (Å²) in [6.07, 6.45) is 1.35. The van der Waals surface area contributed by atoms with E-state index in [1.165, 1.54) is 13.3 Å². The van der Waals surface area contributed by atoms with Crippen LogP contribution in [0.2, 0.25) is 0 Å². The van der Waals surface area contributed by atoms with Crippen molar-refractivity contribution >= 4 is 39.9 Å². The van der Waals surface area contributed by atoms with E-state index in [1.807, 2.05) is 0 Å². The zero-order valence-electron chi connectivity index (χ0n) is 17.6. The number of rotatable bonds is 8. The zero-order chi connectivity index (χ0) is 23.6. The van der Waals surface area contributed by atoms with Gasteiger partial charge in [0.2, 0.25) is 0 Å². The average Bonchev–Trinajstić information content (AvgIpc) is 2.84. The Kier molecular flexibility index (Phi) is 8.31. The number of ether oxygens (including phenoxy) is 2. The smallest absolute Gasteiger partial charge is 0.343 e. The topological polar surface area (TPSA) is 106 Å². The van der Waals surface area contributed by atoms with E-state index >= 15 is 0 Å². The summed E-state index contributed by atoms with van der Waals surface area (Å²) in [6.45, 7) is -0.267. The second-order valence-electron chi connectivity index (χ2n) is 6.64. The first-order chi connectivity index (χ1) is 16.0. The van der Waals surface area contributed by atoms with Crippen molar-refractivity contribution in [2.24, 2.45) is 5.10 Å². The van der Waals surface area contributed by atoms with Crippen molar-refractivity contribution in [1.82, 2.24) is 10.7 Å². The van der Waals surface area contributed by atoms with E-state index in [9.17, 15) is 14.4 Å². The molecule has 0 spiro atoms. The van der Waals surface area contributed by atoms with Gasteiger partial charge in [0.1, 0.15) is 11.5 Å². The Bertz CT molecular complexity index is 1160. The summed E-state index contributed by atoms with van der Waals surface area (Å²) in [7, 11) is 1.53. The molecule has 0 aliphatic heterocycles. The van der Waals surface area contributed by atoms with Crippen LogP contribution in [0.1, 0.15) is 26.3 Å². The quantitative estimate of drug-likeness (QED) is 0.209. The van der Waals surface area contributed by atoms with Gasteiger partial charge < -0.3 is 14.8 Å². The lowest BCUT2D eigenvalue weighted by molar-refractivity contribution is -0.120. The van der Waals surface area contributed by atoms with Crippen LogP contribution in [0.15, 0.2) is 82.4 Å². The van der Waals surface area contributed by atoms with Gasteiger partial charge >= 0.3 is 5.97 Å². The highest BCUT2D eigenvalue weighted by Crippen LogP contribution is 2.23. The Hall–Kier alpha value is -3.98.